The van der Waals surface area contributed by atoms with Crippen LogP contribution in [-0.4, -0.2) is 20.6 Å². The first-order chi connectivity index (χ1) is 14.3. The standard InChI is InChI=1S/C22H20N4O3S/c1-12-9-15(10-19(13(12)2)26(28)29)23-22-24-21(27)20(30-22)11-17-14(3)25(4)18-8-6-5-7-16(17)18/h5-11H,1-4H3,(H,23,24,27)/b20-11-. The van der Waals surface area contributed by atoms with Gasteiger partial charge in [-0.05, 0) is 56.3 Å². The lowest BCUT2D eigenvalue weighted by atomic mass is 10.1. The van der Waals surface area contributed by atoms with E-state index >= 15 is 0 Å². The Kier molecular flexibility index (Phi) is 4.95. The number of nitrogens with one attached hydrogen (secondary N) is 1. The summed E-state index contributed by atoms with van der Waals surface area (Å²) in [6.45, 7) is 5.54. The predicted molar refractivity (Wildman–Crippen MR) is 121 cm³/mol. The third kappa shape index (κ3) is 3.39. The molecule has 152 valence electrons. The van der Waals surface area contributed by atoms with Gasteiger partial charge in [0.1, 0.15) is 0 Å². The lowest BCUT2D eigenvalue weighted by molar-refractivity contribution is -0.385. The van der Waals surface area contributed by atoms with Crippen LogP contribution in [-0.2, 0) is 11.8 Å². The number of aryl methyl sites for hydroxylation is 2. The SMILES string of the molecule is Cc1cc(N=C2NC(=O)/C(=C/c3c(C)n(C)c4ccccc34)S2)cc([N+](=O)[O-])c1C. The monoisotopic (exact) mass is 420 g/mol. The molecule has 1 saturated heterocycles. The summed E-state index contributed by atoms with van der Waals surface area (Å²) in [7, 11) is 2.00. The first kappa shape index (κ1) is 19.9. The minimum atomic E-state index is -0.416. The number of carbonyl (C=O) groups excluding carboxylic acids is 1. The Hall–Kier alpha value is -3.39. The van der Waals surface area contributed by atoms with E-state index in [1.54, 1.807) is 19.9 Å². The molecule has 0 aliphatic carbocycles. The van der Waals surface area contributed by atoms with Crippen molar-refractivity contribution in [3.63, 3.8) is 0 Å². The second kappa shape index (κ2) is 7.46. The summed E-state index contributed by atoms with van der Waals surface area (Å²) in [5.74, 6) is -0.232. The summed E-state index contributed by atoms with van der Waals surface area (Å²) in [4.78, 5) is 28.4. The number of nitro benzene ring substituents is 1. The van der Waals surface area contributed by atoms with Crippen LogP contribution in [0.25, 0.3) is 17.0 Å². The molecule has 0 radical (unpaired) electrons. The second-order valence-electron chi connectivity index (χ2n) is 7.22. The van der Waals surface area contributed by atoms with Crippen molar-refractivity contribution in [3.8, 4) is 0 Å². The van der Waals surface area contributed by atoms with Gasteiger partial charge < -0.3 is 9.88 Å². The minimum absolute atomic E-state index is 0.0193. The highest BCUT2D eigenvalue weighted by Crippen LogP contribution is 2.34. The number of rotatable bonds is 3. The molecule has 2 aromatic carbocycles. The highest BCUT2D eigenvalue weighted by Gasteiger charge is 2.25. The average Bonchev–Trinajstić information content (AvgIpc) is 3.16. The lowest BCUT2D eigenvalue weighted by Gasteiger charge is -2.04. The van der Waals surface area contributed by atoms with Gasteiger partial charge in [0, 0.05) is 40.8 Å². The van der Waals surface area contributed by atoms with Gasteiger partial charge in [-0.2, -0.15) is 0 Å². The molecule has 8 heteroatoms. The van der Waals surface area contributed by atoms with Crippen LogP contribution in [0.2, 0.25) is 0 Å². The number of fused-ring (bicyclic) bond motifs is 1. The van der Waals surface area contributed by atoms with Crippen LogP contribution in [0.1, 0.15) is 22.4 Å². The average molecular weight is 420 g/mol. The molecule has 1 aliphatic heterocycles. The molecule has 0 spiro atoms. The molecular weight excluding hydrogens is 400 g/mol. The van der Waals surface area contributed by atoms with Gasteiger partial charge >= 0.3 is 0 Å². The molecule has 30 heavy (non-hydrogen) atoms. The maximum Gasteiger partial charge on any atom is 0.274 e. The molecule has 1 fully saturated rings. The van der Waals surface area contributed by atoms with E-state index in [-0.39, 0.29) is 11.6 Å². The zero-order chi connectivity index (χ0) is 21.6. The Labute approximate surface area is 177 Å². The van der Waals surface area contributed by atoms with Crippen molar-refractivity contribution in [2.24, 2.45) is 12.0 Å². The summed E-state index contributed by atoms with van der Waals surface area (Å²) in [6.07, 6.45) is 1.88. The van der Waals surface area contributed by atoms with E-state index < -0.39 is 4.92 Å². The molecule has 0 bridgehead atoms. The first-order valence-electron chi connectivity index (χ1n) is 9.35. The van der Waals surface area contributed by atoms with Gasteiger partial charge in [-0.1, -0.05) is 18.2 Å². The van der Waals surface area contributed by atoms with Crippen LogP contribution < -0.4 is 5.32 Å². The number of amides is 1. The molecule has 1 N–H and O–H groups in total. The van der Waals surface area contributed by atoms with E-state index in [1.807, 2.05) is 44.3 Å². The molecule has 0 atom stereocenters. The van der Waals surface area contributed by atoms with Crippen molar-refractivity contribution in [2.45, 2.75) is 20.8 Å². The molecule has 0 unspecified atom stereocenters. The first-order valence-corrected chi connectivity index (χ1v) is 10.2. The molecule has 0 saturated carbocycles. The lowest BCUT2D eigenvalue weighted by Crippen LogP contribution is -2.19. The second-order valence-corrected chi connectivity index (χ2v) is 8.25. The van der Waals surface area contributed by atoms with Crippen molar-refractivity contribution in [2.75, 3.05) is 0 Å². The highest BCUT2D eigenvalue weighted by molar-refractivity contribution is 8.18. The van der Waals surface area contributed by atoms with Crippen molar-refractivity contribution in [1.82, 2.24) is 9.88 Å². The summed E-state index contributed by atoms with van der Waals surface area (Å²) in [5.41, 5.74) is 5.00. The maximum absolute atomic E-state index is 12.5. The molecule has 2 heterocycles. The van der Waals surface area contributed by atoms with E-state index in [9.17, 15) is 14.9 Å². The number of nitrogens with zero attached hydrogens (tertiary/aromatic N) is 3. The fourth-order valence-corrected chi connectivity index (χ4v) is 4.36. The fourth-order valence-electron chi connectivity index (χ4n) is 3.54. The largest absolute Gasteiger partial charge is 0.347 e. The Morgan fingerprint density at radius 1 is 1.20 bits per heavy atom. The summed E-state index contributed by atoms with van der Waals surface area (Å²) in [5, 5.41) is 15.5. The number of aromatic nitrogens is 1. The predicted octanol–water partition coefficient (Wildman–Crippen LogP) is 4.90. The number of hydrogen-bond acceptors (Lipinski definition) is 5. The Morgan fingerprint density at radius 2 is 1.93 bits per heavy atom. The number of carbonyl (C=O) groups is 1. The van der Waals surface area contributed by atoms with Gasteiger partial charge in [0.15, 0.2) is 5.17 Å². The normalized spacial score (nSPS) is 16.6. The number of hydrogen-bond donors (Lipinski definition) is 1. The molecule has 1 aromatic heterocycles. The van der Waals surface area contributed by atoms with Gasteiger partial charge in [0.05, 0.1) is 15.5 Å². The van der Waals surface area contributed by atoms with Crippen LogP contribution in [0, 0.1) is 30.9 Å². The number of benzene rings is 2. The zero-order valence-electron chi connectivity index (χ0n) is 17.0. The van der Waals surface area contributed by atoms with Crippen LogP contribution >= 0.6 is 11.8 Å². The molecule has 4 rings (SSSR count). The van der Waals surface area contributed by atoms with Crippen LogP contribution in [0.3, 0.4) is 0 Å². The van der Waals surface area contributed by atoms with E-state index in [1.165, 1.54) is 17.8 Å². The third-order valence-electron chi connectivity index (χ3n) is 5.43. The number of aliphatic imine (C=N–C) groups is 1. The molecule has 1 aliphatic rings. The zero-order valence-corrected chi connectivity index (χ0v) is 17.8. The quantitative estimate of drug-likeness (QED) is 0.371. The van der Waals surface area contributed by atoms with Gasteiger partial charge in [0.2, 0.25) is 0 Å². The maximum atomic E-state index is 12.5. The Bertz CT molecular complexity index is 1290. The van der Waals surface area contributed by atoms with Crippen molar-refractivity contribution >= 4 is 51.2 Å². The van der Waals surface area contributed by atoms with E-state index in [0.29, 0.717) is 21.3 Å². The van der Waals surface area contributed by atoms with Gasteiger partial charge in [-0.3, -0.25) is 14.9 Å². The summed E-state index contributed by atoms with van der Waals surface area (Å²) < 4.78 is 2.10. The number of thioether (sulfide) groups is 1. The fraction of sp³-hybridized carbons (Fsp3) is 0.182. The van der Waals surface area contributed by atoms with Crippen LogP contribution in [0.15, 0.2) is 46.3 Å². The van der Waals surface area contributed by atoms with E-state index in [0.717, 1.165) is 27.7 Å². The van der Waals surface area contributed by atoms with Gasteiger partial charge in [-0.15, -0.1) is 0 Å². The van der Waals surface area contributed by atoms with Crippen LogP contribution in [0.4, 0.5) is 11.4 Å². The van der Waals surface area contributed by atoms with Crippen LogP contribution in [0.5, 0.6) is 0 Å². The third-order valence-corrected chi connectivity index (χ3v) is 6.34. The van der Waals surface area contributed by atoms with Crippen molar-refractivity contribution in [1.29, 1.82) is 0 Å². The summed E-state index contributed by atoms with van der Waals surface area (Å²) in [6, 6.07) is 11.3. The number of nitro groups is 1. The summed E-state index contributed by atoms with van der Waals surface area (Å²) >= 11 is 1.23. The van der Waals surface area contributed by atoms with Gasteiger partial charge in [0.25, 0.3) is 11.6 Å². The molecular formula is C22H20N4O3S. The minimum Gasteiger partial charge on any atom is -0.347 e. The van der Waals surface area contributed by atoms with E-state index in [2.05, 4.69) is 14.9 Å². The number of amidine groups is 1. The van der Waals surface area contributed by atoms with Crippen molar-refractivity contribution < 1.29 is 9.72 Å². The molecule has 3 aromatic rings. The van der Waals surface area contributed by atoms with Gasteiger partial charge in [-0.25, -0.2) is 4.99 Å². The Morgan fingerprint density at radius 3 is 2.67 bits per heavy atom. The smallest absolute Gasteiger partial charge is 0.274 e. The topological polar surface area (TPSA) is 89.5 Å². The Balaban J connectivity index is 1.71. The van der Waals surface area contributed by atoms with E-state index in [4.69, 9.17) is 0 Å². The molecule has 1 amide bonds. The molecule has 7 nitrogen and oxygen atoms in total. The number of para-hydroxylation sites is 1. The highest BCUT2D eigenvalue weighted by atomic mass is 32.2. The van der Waals surface area contributed by atoms with Crippen molar-refractivity contribution in [3.05, 3.63) is 73.8 Å².